The first-order valence-corrected chi connectivity index (χ1v) is 8.41. The van der Waals surface area contributed by atoms with Crippen molar-refractivity contribution in [1.29, 1.82) is 0 Å². The summed E-state index contributed by atoms with van der Waals surface area (Å²) in [4.78, 5) is 21.2. The molecule has 1 aliphatic carbocycles. The van der Waals surface area contributed by atoms with Crippen molar-refractivity contribution >= 4 is 16.9 Å². The lowest BCUT2D eigenvalue weighted by Crippen LogP contribution is -2.37. The fraction of sp³-hybridized carbons (Fsp3) is 0.500. The van der Waals surface area contributed by atoms with Crippen molar-refractivity contribution in [2.45, 2.75) is 50.2 Å². The van der Waals surface area contributed by atoms with Crippen LogP contribution in [0.1, 0.15) is 49.0 Å². The smallest absolute Gasteiger partial charge is 0.271 e. The number of hydrogen-bond acceptors (Lipinski definition) is 4. The van der Waals surface area contributed by atoms with Crippen molar-refractivity contribution in [1.82, 2.24) is 15.3 Å². The first-order valence-electron chi connectivity index (χ1n) is 8.41. The van der Waals surface area contributed by atoms with E-state index in [2.05, 4.69) is 15.3 Å². The van der Waals surface area contributed by atoms with Crippen LogP contribution in [0.2, 0.25) is 0 Å². The Morgan fingerprint density at radius 1 is 1.17 bits per heavy atom. The maximum atomic E-state index is 12.4. The number of nitrogens with zero attached hydrogens (tertiary/aromatic N) is 2. The number of aromatic nitrogens is 2. The van der Waals surface area contributed by atoms with Gasteiger partial charge in [-0.25, -0.2) is 4.98 Å². The quantitative estimate of drug-likeness (QED) is 0.926. The van der Waals surface area contributed by atoms with E-state index in [1.54, 1.807) is 6.20 Å². The van der Waals surface area contributed by atoms with Crippen LogP contribution in [-0.2, 0) is 4.74 Å². The minimum absolute atomic E-state index is 0.00522. The zero-order chi connectivity index (χ0) is 15.7. The van der Waals surface area contributed by atoms with Crippen LogP contribution in [0.15, 0.2) is 30.5 Å². The summed E-state index contributed by atoms with van der Waals surface area (Å²) in [6, 6.07) is 7.65. The first kappa shape index (κ1) is 14.6. The number of para-hydroxylation sites is 2. The van der Waals surface area contributed by atoms with E-state index in [0.717, 1.165) is 30.3 Å². The monoisotopic (exact) mass is 311 g/mol. The summed E-state index contributed by atoms with van der Waals surface area (Å²) in [5, 5.41) is 3.06. The predicted octanol–water partition coefficient (Wildman–Crippen LogP) is 2.85. The molecule has 5 nitrogen and oxygen atoms in total. The largest absolute Gasteiger partial charge is 0.373 e. The highest BCUT2D eigenvalue weighted by atomic mass is 16.5. The van der Waals surface area contributed by atoms with E-state index in [1.807, 2.05) is 24.3 Å². The second kappa shape index (κ2) is 5.89. The van der Waals surface area contributed by atoms with Gasteiger partial charge in [-0.05, 0) is 31.4 Å². The molecule has 1 amide bonds. The van der Waals surface area contributed by atoms with Gasteiger partial charge in [0.25, 0.3) is 5.91 Å². The maximum Gasteiger partial charge on any atom is 0.271 e. The average Bonchev–Trinajstić information content (AvgIpc) is 2.97. The molecule has 23 heavy (non-hydrogen) atoms. The molecule has 1 aromatic heterocycles. The Labute approximate surface area is 135 Å². The third-order valence-corrected chi connectivity index (χ3v) is 4.99. The van der Waals surface area contributed by atoms with Gasteiger partial charge in [-0.3, -0.25) is 9.78 Å². The molecule has 0 radical (unpaired) electrons. The molecule has 1 saturated carbocycles. The SMILES string of the molecule is O=C(N[C@@H]1COC2(CCCCC2)C1)c1cnc2ccccc2n1. The number of carbonyl (C=O) groups excluding carboxylic acids is 1. The number of fused-ring (bicyclic) bond motifs is 1. The fourth-order valence-electron chi connectivity index (χ4n) is 3.81. The van der Waals surface area contributed by atoms with E-state index in [0.29, 0.717) is 12.3 Å². The Kier molecular flexibility index (Phi) is 3.73. The minimum atomic E-state index is -0.162. The van der Waals surface area contributed by atoms with Crippen LogP contribution in [0.5, 0.6) is 0 Å². The van der Waals surface area contributed by atoms with Crippen LogP contribution >= 0.6 is 0 Å². The first-order chi connectivity index (χ1) is 11.2. The second-order valence-electron chi connectivity index (χ2n) is 6.67. The molecule has 0 bridgehead atoms. The molecule has 1 aliphatic heterocycles. The Balaban J connectivity index is 1.45. The van der Waals surface area contributed by atoms with Crippen molar-refractivity contribution in [2.75, 3.05) is 6.61 Å². The maximum absolute atomic E-state index is 12.4. The molecule has 1 spiro atoms. The highest BCUT2D eigenvalue weighted by molar-refractivity contribution is 5.93. The molecule has 2 aromatic rings. The summed E-state index contributed by atoms with van der Waals surface area (Å²) in [5.41, 5.74) is 1.92. The topological polar surface area (TPSA) is 64.1 Å². The molecular formula is C18H21N3O2. The van der Waals surface area contributed by atoms with Crippen molar-refractivity contribution < 1.29 is 9.53 Å². The Morgan fingerprint density at radius 2 is 1.96 bits per heavy atom. The number of nitrogens with one attached hydrogen (secondary N) is 1. The Hall–Kier alpha value is -2.01. The molecule has 120 valence electrons. The number of amides is 1. The lowest BCUT2D eigenvalue weighted by molar-refractivity contribution is -0.0246. The van der Waals surface area contributed by atoms with E-state index in [9.17, 15) is 4.79 Å². The standard InChI is InChI=1S/C18H21N3O2/c22-17(16-11-19-14-6-2-3-7-15(14)21-16)20-13-10-18(23-12-13)8-4-1-5-9-18/h2-3,6-7,11,13H,1,4-5,8-10,12H2,(H,20,22)/t13-/m0/s1. The second-order valence-corrected chi connectivity index (χ2v) is 6.67. The molecule has 4 rings (SSSR count). The normalized spacial score (nSPS) is 23.2. The molecule has 2 heterocycles. The molecule has 1 atom stereocenters. The lowest BCUT2D eigenvalue weighted by Gasteiger charge is -2.32. The van der Waals surface area contributed by atoms with Crippen LogP contribution < -0.4 is 5.32 Å². The molecule has 2 aliphatic rings. The van der Waals surface area contributed by atoms with Gasteiger partial charge in [0, 0.05) is 0 Å². The summed E-state index contributed by atoms with van der Waals surface area (Å²) < 4.78 is 6.05. The van der Waals surface area contributed by atoms with Crippen molar-refractivity contribution in [2.24, 2.45) is 0 Å². The van der Waals surface area contributed by atoms with Crippen LogP contribution in [-0.4, -0.2) is 34.1 Å². The zero-order valence-corrected chi connectivity index (χ0v) is 13.1. The number of benzene rings is 1. The van der Waals surface area contributed by atoms with Gasteiger partial charge in [-0.15, -0.1) is 0 Å². The molecular weight excluding hydrogens is 290 g/mol. The molecule has 1 N–H and O–H groups in total. The van der Waals surface area contributed by atoms with Crippen molar-refractivity contribution in [3.8, 4) is 0 Å². The lowest BCUT2D eigenvalue weighted by atomic mass is 9.82. The van der Waals surface area contributed by atoms with Gasteiger partial charge in [0.2, 0.25) is 0 Å². The number of rotatable bonds is 2. The summed E-state index contributed by atoms with van der Waals surface area (Å²) in [7, 11) is 0. The van der Waals surface area contributed by atoms with Gasteiger partial charge >= 0.3 is 0 Å². The van der Waals surface area contributed by atoms with Gasteiger partial charge in [0.1, 0.15) is 5.69 Å². The Bertz CT molecular complexity index is 725. The summed E-state index contributed by atoms with van der Waals surface area (Å²) in [5.74, 6) is -0.162. The van der Waals surface area contributed by atoms with Gasteiger partial charge in [-0.2, -0.15) is 0 Å². The van der Waals surface area contributed by atoms with Crippen molar-refractivity contribution in [3.05, 3.63) is 36.2 Å². The van der Waals surface area contributed by atoms with E-state index >= 15 is 0 Å². The predicted molar refractivity (Wildman–Crippen MR) is 87.2 cm³/mol. The van der Waals surface area contributed by atoms with Gasteiger partial charge in [0.15, 0.2) is 0 Å². The van der Waals surface area contributed by atoms with Crippen molar-refractivity contribution in [3.63, 3.8) is 0 Å². The molecule has 1 aromatic carbocycles. The molecule has 5 heteroatoms. The van der Waals surface area contributed by atoms with Gasteiger partial charge in [0.05, 0.1) is 35.5 Å². The molecule has 0 unspecified atom stereocenters. The van der Waals surface area contributed by atoms with Gasteiger partial charge < -0.3 is 10.1 Å². The summed E-state index contributed by atoms with van der Waals surface area (Å²) in [6.45, 7) is 0.604. The zero-order valence-electron chi connectivity index (χ0n) is 13.1. The fourth-order valence-corrected chi connectivity index (χ4v) is 3.81. The summed E-state index contributed by atoms with van der Waals surface area (Å²) in [6.07, 6.45) is 8.47. The number of hydrogen-bond donors (Lipinski definition) is 1. The Morgan fingerprint density at radius 3 is 2.78 bits per heavy atom. The third-order valence-electron chi connectivity index (χ3n) is 4.99. The molecule has 1 saturated heterocycles. The van der Waals surface area contributed by atoms with E-state index < -0.39 is 0 Å². The third kappa shape index (κ3) is 2.93. The van der Waals surface area contributed by atoms with E-state index in [4.69, 9.17) is 4.74 Å². The van der Waals surface area contributed by atoms with Crippen LogP contribution in [0, 0.1) is 0 Å². The number of ether oxygens (including phenoxy) is 1. The summed E-state index contributed by atoms with van der Waals surface area (Å²) >= 11 is 0. The highest BCUT2D eigenvalue weighted by Gasteiger charge is 2.41. The van der Waals surface area contributed by atoms with Gasteiger partial charge in [-0.1, -0.05) is 31.4 Å². The average molecular weight is 311 g/mol. The molecule has 2 fully saturated rings. The van der Waals surface area contributed by atoms with Crippen LogP contribution in [0.3, 0.4) is 0 Å². The van der Waals surface area contributed by atoms with E-state index in [1.165, 1.54) is 19.3 Å². The minimum Gasteiger partial charge on any atom is -0.373 e. The van der Waals surface area contributed by atoms with Crippen LogP contribution in [0.25, 0.3) is 11.0 Å². The van der Waals surface area contributed by atoms with Crippen LogP contribution in [0.4, 0.5) is 0 Å². The highest BCUT2D eigenvalue weighted by Crippen LogP contribution is 2.39. The van der Waals surface area contributed by atoms with E-state index in [-0.39, 0.29) is 17.6 Å². The number of carbonyl (C=O) groups is 1.